The largest absolute Gasteiger partial charge is 0.511 e. The van der Waals surface area contributed by atoms with E-state index in [1.54, 1.807) is 12.1 Å². The van der Waals surface area contributed by atoms with Gasteiger partial charge in [-0.15, -0.1) is 0 Å². The molecule has 8 heteroatoms. The van der Waals surface area contributed by atoms with E-state index in [1.165, 1.54) is 6.07 Å². The second-order valence-electron chi connectivity index (χ2n) is 7.22. The van der Waals surface area contributed by atoms with Gasteiger partial charge in [-0.25, -0.2) is 0 Å². The molecule has 6 N–H and O–H groups in total. The molecule has 0 fully saturated rings. The monoisotopic (exact) mass is 371 g/mol. The van der Waals surface area contributed by atoms with Crippen LogP contribution in [0, 0.1) is 11.8 Å². The maximum absolute atomic E-state index is 12.9. The van der Waals surface area contributed by atoms with Crippen molar-refractivity contribution in [3.63, 3.8) is 0 Å². The highest BCUT2D eigenvalue weighted by atomic mass is 16.3. The molecule has 0 saturated carbocycles. The van der Waals surface area contributed by atoms with Gasteiger partial charge in [0.25, 0.3) is 5.91 Å². The number of aliphatic hydroxyl groups excluding tert-OH is 2. The molecule has 140 valence electrons. The summed E-state index contributed by atoms with van der Waals surface area (Å²) in [6, 6.07) is 4.63. The molecule has 0 saturated heterocycles. The number of ketones is 2. The summed E-state index contributed by atoms with van der Waals surface area (Å²) in [6.45, 7) is 0. The summed E-state index contributed by atoms with van der Waals surface area (Å²) in [5.41, 5.74) is 2.32. The average molecular weight is 371 g/mol. The summed E-state index contributed by atoms with van der Waals surface area (Å²) >= 11 is 0. The van der Waals surface area contributed by atoms with Gasteiger partial charge < -0.3 is 26.2 Å². The first-order chi connectivity index (χ1) is 12.7. The maximum atomic E-state index is 12.9. The van der Waals surface area contributed by atoms with Crippen LogP contribution in [-0.2, 0) is 16.0 Å². The third-order valence-electron chi connectivity index (χ3n) is 5.80. The number of rotatable bonds is 1. The van der Waals surface area contributed by atoms with Crippen LogP contribution in [0.15, 0.2) is 40.9 Å². The third kappa shape index (κ3) is 2.10. The highest BCUT2D eigenvalue weighted by Gasteiger charge is 2.59. The molecule has 0 bridgehead atoms. The third-order valence-corrected chi connectivity index (χ3v) is 5.80. The van der Waals surface area contributed by atoms with Gasteiger partial charge in [-0.2, -0.15) is 0 Å². The number of carbonyl (C=O) groups is 3. The molecule has 3 atom stereocenters. The predicted molar refractivity (Wildman–Crippen MR) is 90.8 cm³/mol. The molecule has 1 aromatic rings. The van der Waals surface area contributed by atoms with Crippen LogP contribution in [0.5, 0.6) is 5.75 Å². The van der Waals surface area contributed by atoms with Gasteiger partial charge in [0.2, 0.25) is 5.78 Å². The Kier molecular flexibility index (Phi) is 3.48. The molecule has 0 spiro atoms. The Labute approximate surface area is 153 Å². The molecule has 0 heterocycles. The van der Waals surface area contributed by atoms with Crippen LogP contribution in [0.3, 0.4) is 0 Å². The maximum Gasteiger partial charge on any atom is 0.255 e. The smallest absolute Gasteiger partial charge is 0.255 e. The van der Waals surface area contributed by atoms with E-state index >= 15 is 0 Å². The van der Waals surface area contributed by atoms with E-state index in [9.17, 15) is 34.8 Å². The summed E-state index contributed by atoms with van der Waals surface area (Å²) in [5.74, 6) is -6.13. The van der Waals surface area contributed by atoms with Crippen molar-refractivity contribution in [2.45, 2.75) is 24.9 Å². The average Bonchev–Trinajstić information content (AvgIpc) is 2.57. The number of phenolic OH excluding ortho intramolecular Hbond substituents is 1. The summed E-state index contributed by atoms with van der Waals surface area (Å²) in [4.78, 5) is 37.2. The normalized spacial score (nSPS) is 30.0. The lowest BCUT2D eigenvalue weighted by Crippen LogP contribution is -2.57. The van der Waals surface area contributed by atoms with E-state index in [0.717, 1.165) is 0 Å². The fourth-order valence-electron chi connectivity index (χ4n) is 4.56. The van der Waals surface area contributed by atoms with Crippen molar-refractivity contribution in [3.8, 4) is 5.75 Å². The minimum Gasteiger partial charge on any atom is -0.511 e. The van der Waals surface area contributed by atoms with Gasteiger partial charge in [0.1, 0.15) is 22.8 Å². The second-order valence-corrected chi connectivity index (χ2v) is 7.22. The fourth-order valence-corrected chi connectivity index (χ4v) is 4.56. The quantitative estimate of drug-likeness (QED) is 0.452. The first kappa shape index (κ1) is 17.3. The molecular weight excluding hydrogens is 354 g/mol. The van der Waals surface area contributed by atoms with Crippen molar-refractivity contribution in [1.29, 1.82) is 0 Å². The number of amides is 1. The number of nitrogens with two attached hydrogens (primary N) is 1. The number of hydrogen-bond donors (Lipinski definition) is 5. The van der Waals surface area contributed by atoms with E-state index in [2.05, 4.69) is 0 Å². The minimum absolute atomic E-state index is 0.0223. The van der Waals surface area contributed by atoms with E-state index in [4.69, 9.17) is 5.73 Å². The highest BCUT2D eigenvalue weighted by Crippen LogP contribution is 2.51. The number of carbonyl (C=O) groups excluding carboxylic acids is 3. The lowest BCUT2D eigenvalue weighted by Gasteiger charge is -2.45. The lowest BCUT2D eigenvalue weighted by atomic mass is 9.60. The van der Waals surface area contributed by atoms with Crippen LogP contribution in [0.4, 0.5) is 0 Å². The van der Waals surface area contributed by atoms with Gasteiger partial charge in [0.15, 0.2) is 11.4 Å². The van der Waals surface area contributed by atoms with Gasteiger partial charge in [-0.1, -0.05) is 12.1 Å². The molecule has 0 radical (unpaired) electrons. The van der Waals surface area contributed by atoms with Crippen molar-refractivity contribution in [3.05, 3.63) is 52.0 Å². The zero-order valence-electron chi connectivity index (χ0n) is 14.1. The van der Waals surface area contributed by atoms with Crippen LogP contribution in [0.1, 0.15) is 28.8 Å². The van der Waals surface area contributed by atoms with Crippen LogP contribution in [0.25, 0.3) is 0 Å². The minimum atomic E-state index is -2.51. The molecule has 3 unspecified atom stereocenters. The Morgan fingerprint density at radius 2 is 1.85 bits per heavy atom. The van der Waals surface area contributed by atoms with E-state index in [0.29, 0.717) is 12.0 Å². The standard InChI is InChI=1S/C19H17NO7/c20-18(26)14-11(22)6-9-5-8-4-7-2-1-3-10(21)12(7)15(23)13(8)16(24)19(9,27)17(14)25/h1-3,8-9,21-22,24,27H,4-6H2,(H2,20,26). The number of benzene rings is 1. The van der Waals surface area contributed by atoms with Gasteiger partial charge in [0.05, 0.1) is 5.56 Å². The molecule has 3 aliphatic carbocycles. The molecule has 27 heavy (non-hydrogen) atoms. The first-order valence-corrected chi connectivity index (χ1v) is 8.46. The fraction of sp³-hybridized carbons (Fsp3) is 0.316. The number of hydrogen-bond acceptors (Lipinski definition) is 7. The highest BCUT2D eigenvalue weighted by molar-refractivity contribution is 6.24. The Morgan fingerprint density at radius 1 is 1.15 bits per heavy atom. The lowest BCUT2D eigenvalue weighted by molar-refractivity contribution is -0.144. The summed E-state index contributed by atoms with van der Waals surface area (Å²) in [7, 11) is 0. The zero-order valence-corrected chi connectivity index (χ0v) is 14.1. The number of Topliss-reactive ketones (excluding diaryl/α,β-unsaturated/α-hetero) is 2. The number of phenols is 1. The van der Waals surface area contributed by atoms with Crippen LogP contribution in [0.2, 0.25) is 0 Å². The van der Waals surface area contributed by atoms with E-state index in [-0.39, 0.29) is 29.7 Å². The molecule has 1 amide bonds. The van der Waals surface area contributed by atoms with Crippen LogP contribution in [-0.4, -0.2) is 43.5 Å². The number of allylic oxidation sites excluding steroid dienone is 2. The predicted octanol–water partition coefficient (Wildman–Crippen LogP) is 0.580. The molecule has 1 aromatic carbocycles. The van der Waals surface area contributed by atoms with Crippen molar-refractivity contribution in [2.24, 2.45) is 17.6 Å². The van der Waals surface area contributed by atoms with Crippen molar-refractivity contribution in [2.75, 3.05) is 0 Å². The molecular formula is C19H17NO7. The molecule has 0 aliphatic heterocycles. The van der Waals surface area contributed by atoms with E-state index < -0.39 is 52.0 Å². The number of fused-ring (bicyclic) bond motifs is 3. The Morgan fingerprint density at radius 3 is 2.52 bits per heavy atom. The number of primary amides is 1. The number of aromatic hydroxyl groups is 1. The second kappa shape index (κ2) is 5.43. The molecule has 3 aliphatic rings. The van der Waals surface area contributed by atoms with Gasteiger partial charge in [0, 0.05) is 17.9 Å². The first-order valence-electron chi connectivity index (χ1n) is 8.46. The SMILES string of the molecule is NC(=O)C1=C(O)CC2CC3Cc4cccc(O)c4C(=O)C3=C(O)C2(O)C1=O. The Hall–Kier alpha value is -3.13. The number of aliphatic hydroxyl groups is 3. The van der Waals surface area contributed by atoms with Crippen LogP contribution < -0.4 is 5.73 Å². The Bertz CT molecular complexity index is 990. The molecule has 0 aromatic heterocycles. The van der Waals surface area contributed by atoms with Gasteiger partial charge in [-0.3, -0.25) is 14.4 Å². The summed E-state index contributed by atoms with van der Waals surface area (Å²) in [6.07, 6.45) is 0.233. The summed E-state index contributed by atoms with van der Waals surface area (Å²) < 4.78 is 0. The van der Waals surface area contributed by atoms with Gasteiger partial charge >= 0.3 is 0 Å². The van der Waals surface area contributed by atoms with Crippen LogP contribution >= 0.6 is 0 Å². The van der Waals surface area contributed by atoms with Crippen molar-refractivity contribution >= 4 is 17.5 Å². The Balaban J connectivity index is 1.91. The molecule has 4 rings (SSSR count). The van der Waals surface area contributed by atoms with Crippen molar-refractivity contribution < 1.29 is 34.8 Å². The topological polar surface area (TPSA) is 158 Å². The summed E-state index contributed by atoms with van der Waals surface area (Å²) in [5, 5.41) is 41.9. The van der Waals surface area contributed by atoms with Gasteiger partial charge in [-0.05, 0) is 30.4 Å². The molecule has 8 nitrogen and oxygen atoms in total. The van der Waals surface area contributed by atoms with Crippen molar-refractivity contribution in [1.82, 2.24) is 0 Å². The zero-order chi connectivity index (χ0) is 19.7. The van der Waals surface area contributed by atoms with E-state index in [1.807, 2.05) is 0 Å².